The molecule has 2 N–H and O–H groups in total. The van der Waals surface area contributed by atoms with E-state index in [1.807, 2.05) is 66.7 Å². The largest absolute Gasteiger partial charge is 0.357 e. The molecule has 1 aliphatic rings. The maximum atomic E-state index is 12.6. The summed E-state index contributed by atoms with van der Waals surface area (Å²) in [4.78, 5) is 12.6. The van der Waals surface area contributed by atoms with Gasteiger partial charge in [0.1, 0.15) is 5.71 Å². The van der Waals surface area contributed by atoms with Gasteiger partial charge >= 0.3 is 0 Å². The molecule has 0 amide bonds. The molecule has 0 atom stereocenters. The first-order chi connectivity index (χ1) is 12.2. The van der Waals surface area contributed by atoms with Crippen molar-refractivity contribution in [3.05, 3.63) is 83.4 Å². The van der Waals surface area contributed by atoms with Gasteiger partial charge in [-0.25, -0.2) is 0 Å². The van der Waals surface area contributed by atoms with Crippen LogP contribution in [0.1, 0.15) is 21.5 Å². The van der Waals surface area contributed by atoms with Crippen LogP contribution in [0.2, 0.25) is 0 Å². The fraction of sp³-hybridized carbons (Fsp3) is 0.0500. The zero-order valence-electron chi connectivity index (χ0n) is 13.3. The third kappa shape index (κ3) is 2.90. The van der Waals surface area contributed by atoms with Gasteiger partial charge in [0.2, 0.25) is 5.78 Å². The van der Waals surface area contributed by atoms with E-state index in [0.29, 0.717) is 22.9 Å². The molecular formula is C20H15N3OS. The molecule has 0 fully saturated rings. The van der Waals surface area contributed by atoms with Gasteiger partial charge in [0.05, 0.1) is 0 Å². The lowest BCUT2D eigenvalue weighted by atomic mass is 10.1. The number of carbonyl (C=O) groups excluding carboxylic acids is 1. The van der Waals surface area contributed by atoms with Crippen molar-refractivity contribution in [3.63, 3.8) is 0 Å². The normalized spacial score (nSPS) is 14.1. The van der Waals surface area contributed by atoms with Crippen LogP contribution in [0, 0.1) is 0 Å². The Labute approximate surface area is 150 Å². The molecule has 0 spiro atoms. The van der Waals surface area contributed by atoms with Crippen molar-refractivity contribution in [1.82, 2.24) is 10.7 Å². The summed E-state index contributed by atoms with van der Waals surface area (Å²) in [7, 11) is 0. The molecule has 122 valence electrons. The second-order valence-corrected chi connectivity index (χ2v) is 6.19. The summed E-state index contributed by atoms with van der Waals surface area (Å²) in [6.45, 7) is 0.598. The van der Waals surface area contributed by atoms with E-state index in [1.165, 1.54) is 0 Å². The van der Waals surface area contributed by atoms with E-state index in [0.717, 1.165) is 21.9 Å². The molecule has 0 saturated carbocycles. The highest BCUT2D eigenvalue weighted by molar-refractivity contribution is 7.80. The quantitative estimate of drug-likeness (QED) is 0.564. The second kappa shape index (κ2) is 6.45. The average molecular weight is 345 g/mol. The molecule has 0 unspecified atom stereocenters. The molecule has 3 aromatic rings. The number of hydrogen-bond donors (Lipinski definition) is 2. The molecule has 1 aliphatic carbocycles. The van der Waals surface area contributed by atoms with Crippen molar-refractivity contribution in [3.8, 4) is 0 Å². The number of benzene rings is 3. The Hall–Kier alpha value is -3.05. The standard InChI is InChI=1S/C20H15N3OS/c24-19-16-11-5-9-14-8-4-10-15(17(14)16)18(19)22-23-20(25)21-12-13-6-2-1-3-7-13/h1-11H,12H2,(H2,21,23,25). The summed E-state index contributed by atoms with van der Waals surface area (Å²) in [5.74, 6) is -0.0786. The fourth-order valence-electron chi connectivity index (χ4n) is 3.01. The van der Waals surface area contributed by atoms with Crippen LogP contribution in [0.5, 0.6) is 0 Å². The number of Topliss-reactive ketones (excluding diaryl/α,β-unsaturated/α-hetero) is 1. The van der Waals surface area contributed by atoms with E-state index in [-0.39, 0.29) is 5.78 Å². The molecular weight excluding hydrogens is 330 g/mol. The number of rotatable bonds is 3. The molecule has 0 radical (unpaired) electrons. The number of hydrazone groups is 1. The zero-order valence-corrected chi connectivity index (χ0v) is 14.1. The van der Waals surface area contributed by atoms with Crippen molar-refractivity contribution >= 4 is 39.6 Å². The van der Waals surface area contributed by atoms with Crippen LogP contribution in [0.4, 0.5) is 0 Å². The van der Waals surface area contributed by atoms with E-state index in [4.69, 9.17) is 12.2 Å². The number of ketones is 1. The van der Waals surface area contributed by atoms with Gasteiger partial charge in [-0.3, -0.25) is 10.2 Å². The molecule has 0 saturated heterocycles. The SMILES string of the molecule is O=C1C(=NNC(=S)NCc2ccccc2)c2cccc3cccc1c23. The summed E-state index contributed by atoms with van der Waals surface area (Å²) in [6, 6.07) is 21.5. The summed E-state index contributed by atoms with van der Waals surface area (Å²) in [5.41, 5.74) is 5.84. The molecule has 25 heavy (non-hydrogen) atoms. The summed E-state index contributed by atoms with van der Waals surface area (Å²) in [5, 5.41) is 9.73. The van der Waals surface area contributed by atoms with Crippen LogP contribution < -0.4 is 10.7 Å². The summed E-state index contributed by atoms with van der Waals surface area (Å²) < 4.78 is 0. The Morgan fingerprint density at radius 1 is 0.920 bits per heavy atom. The Kier molecular flexibility index (Phi) is 3.99. The number of carbonyl (C=O) groups is 1. The van der Waals surface area contributed by atoms with Crippen LogP contribution in [0.25, 0.3) is 10.8 Å². The van der Waals surface area contributed by atoms with E-state index >= 15 is 0 Å². The van der Waals surface area contributed by atoms with Gasteiger partial charge in [-0.05, 0) is 23.2 Å². The first-order valence-corrected chi connectivity index (χ1v) is 8.37. The van der Waals surface area contributed by atoms with Gasteiger partial charge < -0.3 is 5.32 Å². The highest BCUT2D eigenvalue weighted by Crippen LogP contribution is 2.30. The van der Waals surface area contributed by atoms with Crippen molar-refractivity contribution < 1.29 is 4.79 Å². The Balaban J connectivity index is 1.52. The molecule has 3 aromatic carbocycles. The van der Waals surface area contributed by atoms with E-state index in [9.17, 15) is 4.79 Å². The lowest BCUT2D eigenvalue weighted by Gasteiger charge is -2.07. The third-order valence-electron chi connectivity index (χ3n) is 4.18. The second-order valence-electron chi connectivity index (χ2n) is 5.78. The van der Waals surface area contributed by atoms with Crippen LogP contribution in [-0.4, -0.2) is 16.6 Å². The topological polar surface area (TPSA) is 53.5 Å². The van der Waals surface area contributed by atoms with Gasteiger partial charge in [-0.2, -0.15) is 5.10 Å². The van der Waals surface area contributed by atoms with E-state index in [2.05, 4.69) is 15.8 Å². The van der Waals surface area contributed by atoms with Crippen LogP contribution in [0.15, 0.2) is 71.8 Å². The minimum atomic E-state index is -0.0786. The van der Waals surface area contributed by atoms with Crippen molar-refractivity contribution in [2.24, 2.45) is 5.10 Å². The summed E-state index contributed by atoms with van der Waals surface area (Å²) >= 11 is 5.25. The molecule has 0 aliphatic heterocycles. The Morgan fingerprint density at radius 3 is 2.40 bits per heavy atom. The van der Waals surface area contributed by atoms with Crippen LogP contribution in [-0.2, 0) is 6.54 Å². The highest BCUT2D eigenvalue weighted by Gasteiger charge is 2.28. The smallest absolute Gasteiger partial charge is 0.214 e. The summed E-state index contributed by atoms with van der Waals surface area (Å²) in [6.07, 6.45) is 0. The number of nitrogens with zero attached hydrogens (tertiary/aromatic N) is 1. The van der Waals surface area contributed by atoms with Gasteiger partial charge in [-0.1, -0.05) is 66.7 Å². The zero-order chi connectivity index (χ0) is 17.2. The lowest BCUT2D eigenvalue weighted by Crippen LogP contribution is -2.32. The van der Waals surface area contributed by atoms with Crippen molar-refractivity contribution in [2.75, 3.05) is 0 Å². The number of thiocarbonyl (C=S) groups is 1. The minimum Gasteiger partial charge on any atom is -0.357 e. The molecule has 4 nitrogen and oxygen atoms in total. The van der Waals surface area contributed by atoms with E-state index in [1.54, 1.807) is 0 Å². The van der Waals surface area contributed by atoms with E-state index < -0.39 is 0 Å². The van der Waals surface area contributed by atoms with Crippen molar-refractivity contribution in [1.29, 1.82) is 0 Å². The first-order valence-electron chi connectivity index (χ1n) is 7.96. The first kappa shape index (κ1) is 15.5. The highest BCUT2D eigenvalue weighted by atomic mass is 32.1. The molecule has 4 rings (SSSR count). The monoisotopic (exact) mass is 345 g/mol. The predicted molar refractivity (Wildman–Crippen MR) is 104 cm³/mol. The fourth-order valence-corrected chi connectivity index (χ4v) is 3.13. The molecule has 0 heterocycles. The Morgan fingerprint density at radius 2 is 1.64 bits per heavy atom. The number of hydrogen-bond acceptors (Lipinski definition) is 3. The predicted octanol–water partition coefficient (Wildman–Crippen LogP) is 3.40. The number of nitrogens with one attached hydrogen (secondary N) is 2. The maximum absolute atomic E-state index is 12.6. The van der Waals surface area contributed by atoms with Crippen LogP contribution in [0.3, 0.4) is 0 Å². The lowest BCUT2D eigenvalue weighted by molar-refractivity contribution is 0.106. The van der Waals surface area contributed by atoms with Gasteiger partial charge in [-0.15, -0.1) is 0 Å². The van der Waals surface area contributed by atoms with Gasteiger partial charge in [0.25, 0.3) is 0 Å². The molecule has 0 aromatic heterocycles. The minimum absolute atomic E-state index is 0.0786. The van der Waals surface area contributed by atoms with Crippen LogP contribution >= 0.6 is 12.2 Å². The molecule has 5 heteroatoms. The van der Waals surface area contributed by atoms with Crippen molar-refractivity contribution in [2.45, 2.75) is 6.54 Å². The van der Waals surface area contributed by atoms with Gasteiger partial charge in [0.15, 0.2) is 5.11 Å². The molecule has 0 bridgehead atoms. The third-order valence-corrected chi connectivity index (χ3v) is 4.42. The Bertz CT molecular complexity index is 1010. The maximum Gasteiger partial charge on any atom is 0.214 e. The average Bonchev–Trinajstić information content (AvgIpc) is 2.93. The van der Waals surface area contributed by atoms with Gasteiger partial charge in [0, 0.05) is 23.1 Å².